The molecule has 1 atom stereocenters. The van der Waals surface area contributed by atoms with Crippen molar-refractivity contribution in [1.29, 1.82) is 0 Å². The monoisotopic (exact) mass is 273 g/mol. The van der Waals surface area contributed by atoms with Gasteiger partial charge in [0, 0.05) is 40.0 Å². The number of aliphatic imine (C=N–C) groups is 1. The lowest BCUT2D eigenvalue weighted by molar-refractivity contribution is 0.0424. The second-order valence-electron chi connectivity index (χ2n) is 4.39. The zero-order valence-electron chi connectivity index (χ0n) is 12.1. The molecule has 19 heavy (non-hydrogen) atoms. The summed E-state index contributed by atoms with van der Waals surface area (Å²) < 4.78 is 15.9. The van der Waals surface area contributed by atoms with Gasteiger partial charge in [-0.2, -0.15) is 0 Å². The predicted molar refractivity (Wildman–Crippen MR) is 75.7 cm³/mol. The highest BCUT2D eigenvalue weighted by atomic mass is 16.5. The maximum absolute atomic E-state index is 5.69. The molecule has 1 aliphatic heterocycles. The Bertz CT molecular complexity index is 243. The molecule has 0 aromatic heterocycles. The topological polar surface area (TPSA) is 64.1 Å². The summed E-state index contributed by atoms with van der Waals surface area (Å²) in [5.74, 6) is 0.837. The Kier molecular flexibility index (Phi) is 9.40. The van der Waals surface area contributed by atoms with Crippen molar-refractivity contribution in [2.45, 2.75) is 25.9 Å². The molecule has 0 aromatic rings. The number of nitrogens with one attached hydrogen (secondary N) is 2. The van der Waals surface area contributed by atoms with Gasteiger partial charge in [0.15, 0.2) is 5.96 Å². The first-order valence-corrected chi connectivity index (χ1v) is 7.07. The molecule has 1 rings (SSSR count). The molecule has 0 aromatic carbocycles. The minimum atomic E-state index is 0.289. The number of methoxy groups -OCH3 is 1. The molecule has 0 bridgehead atoms. The lowest BCUT2D eigenvalue weighted by Crippen LogP contribution is -2.39. The number of hydrogen-bond acceptors (Lipinski definition) is 4. The van der Waals surface area contributed by atoms with Crippen LogP contribution >= 0.6 is 0 Å². The first-order chi connectivity index (χ1) is 9.36. The van der Waals surface area contributed by atoms with E-state index in [-0.39, 0.29) is 6.10 Å². The van der Waals surface area contributed by atoms with Crippen LogP contribution in [0.15, 0.2) is 4.99 Å². The van der Waals surface area contributed by atoms with Gasteiger partial charge in [0.1, 0.15) is 0 Å². The highest BCUT2D eigenvalue weighted by molar-refractivity contribution is 5.79. The molecule has 1 saturated heterocycles. The summed E-state index contributed by atoms with van der Waals surface area (Å²) in [4.78, 5) is 4.48. The summed E-state index contributed by atoms with van der Waals surface area (Å²) in [6, 6.07) is 0. The van der Waals surface area contributed by atoms with Gasteiger partial charge >= 0.3 is 0 Å². The third-order valence-electron chi connectivity index (χ3n) is 2.76. The zero-order valence-corrected chi connectivity index (χ0v) is 12.1. The molecule has 112 valence electrons. The third kappa shape index (κ3) is 8.02. The number of nitrogens with zero attached hydrogens (tertiary/aromatic N) is 1. The molecule has 6 heteroatoms. The van der Waals surface area contributed by atoms with Crippen molar-refractivity contribution in [3.63, 3.8) is 0 Å². The fourth-order valence-corrected chi connectivity index (χ4v) is 1.76. The van der Waals surface area contributed by atoms with E-state index < -0.39 is 0 Å². The van der Waals surface area contributed by atoms with Crippen LogP contribution in [-0.4, -0.2) is 65.2 Å². The Hall–Kier alpha value is -0.850. The van der Waals surface area contributed by atoms with Crippen LogP contribution in [0.5, 0.6) is 0 Å². The number of hydrogen-bond donors (Lipinski definition) is 2. The molecule has 6 nitrogen and oxygen atoms in total. The maximum atomic E-state index is 5.69. The van der Waals surface area contributed by atoms with E-state index in [0.29, 0.717) is 6.61 Å². The Morgan fingerprint density at radius 2 is 2.26 bits per heavy atom. The van der Waals surface area contributed by atoms with Crippen molar-refractivity contribution < 1.29 is 14.2 Å². The molecule has 0 radical (unpaired) electrons. The molecule has 1 heterocycles. The fraction of sp³-hybridized carbons (Fsp3) is 0.923. The van der Waals surface area contributed by atoms with Gasteiger partial charge in [-0.1, -0.05) is 0 Å². The summed E-state index contributed by atoms with van der Waals surface area (Å²) in [6.07, 6.45) is 2.24. The zero-order chi connectivity index (χ0) is 13.8. The highest BCUT2D eigenvalue weighted by Crippen LogP contribution is 2.07. The number of ether oxygens (including phenoxy) is 3. The average Bonchev–Trinajstić information content (AvgIpc) is 2.91. The minimum Gasteiger partial charge on any atom is -0.383 e. The molecular formula is C13H27N3O3. The largest absolute Gasteiger partial charge is 0.383 e. The third-order valence-corrected chi connectivity index (χ3v) is 2.76. The van der Waals surface area contributed by atoms with Gasteiger partial charge < -0.3 is 24.8 Å². The summed E-state index contributed by atoms with van der Waals surface area (Å²) >= 11 is 0. The van der Waals surface area contributed by atoms with Crippen molar-refractivity contribution in [3.05, 3.63) is 0 Å². The Labute approximate surface area is 115 Å². The van der Waals surface area contributed by atoms with Crippen LogP contribution in [0, 0.1) is 0 Å². The number of guanidine groups is 1. The van der Waals surface area contributed by atoms with Crippen molar-refractivity contribution in [1.82, 2.24) is 10.6 Å². The van der Waals surface area contributed by atoms with E-state index in [1.807, 2.05) is 0 Å². The van der Waals surface area contributed by atoms with Gasteiger partial charge in [-0.05, 0) is 19.8 Å². The van der Waals surface area contributed by atoms with Gasteiger partial charge in [0.05, 0.1) is 19.3 Å². The van der Waals surface area contributed by atoms with E-state index in [1.54, 1.807) is 7.11 Å². The van der Waals surface area contributed by atoms with E-state index in [4.69, 9.17) is 14.2 Å². The second-order valence-corrected chi connectivity index (χ2v) is 4.39. The molecule has 0 saturated carbocycles. The van der Waals surface area contributed by atoms with E-state index >= 15 is 0 Å². The van der Waals surface area contributed by atoms with E-state index in [9.17, 15) is 0 Å². The SMILES string of the molecule is CCNC(=NCCCOC1CCOC1)NCCOC. The maximum Gasteiger partial charge on any atom is 0.191 e. The van der Waals surface area contributed by atoms with Gasteiger partial charge in [-0.3, -0.25) is 4.99 Å². The van der Waals surface area contributed by atoms with Crippen LogP contribution in [0.3, 0.4) is 0 Å². The molecule has 1 aliphatic rings. The van der Waals surface area contributed by atoms with E-state index in [1.165, 1.54) is 0 Å². The van der Waals surface area contributed by atoms with Gasteiger partial charge in [0.25, 0.3) is 0 Å². The summed E-state index contributed by atoms with van der Waals surface area (Å²) in [5, 5.41) is 6.40. The molecule has 1 unspecified atom stereocenters. The van der Waals surface area contributed by atoms with Gasteiger partial charge in [-0.25, -0.2) is 0 Å². The lowest BCUT2D eigenvalue weighted by Gasteiger charge is -2.11. The van der Waals surface area contributed by atoms with Crippen LogP contribution in [0.25, 0.3) is 0 Å². The summed E-state index contributed by atoms with van der Waals surface area (Å²) in [6.45, 7) is 7.42. The molecular weight excluding hydrogens is 246 g/mol. The van der Waals surface area contributed by atoms with Crippen molar-refractivity contribution >= 4 is 5.96 Å². The smallest absolute Gasteiger partial charge is 0.191 e. The quantitative estimate of drug-likeness (QED) is 0.361. The van der Waals surface area contributed by atoms with Crippen molar-refractivity contribution in [3.8, 4) is 0 Å². The highest BCUT2D eigenvalue weighted by Gasteiger charge is 2.15. The van der Waals surface area contributed by atoms with Crippen molar-refractivity contribution in [2.75, 3.05) is 53.2 Å². The number of rotatable bonds is 9. The van der Waals surface area contributed by atoms with Crippen LogP contribution in [0.2, 0.25) is 0 Å². The van der Waals surface area contributed by atoms with Crippen LogP contribution in [0.4, 0.5) is 0 Å². The molecule has 0 aliphatic carbocycles. The molecule has 0 spiro atoms. The molecule has 2 N–H and O–H groups in total. The Morgan fingerprint density at radius 3 is 2.95 bits per heavy atom. The van der Waals surface area contributed by atoms with E-state index in [0.717, 1.165) is 58.3 Å². The van der Waals surface area contributed by atoms with Crippen LogP contribution in [-0.2, 0) is 14.2 Å². The van der Waals surface area contributed by atoms with Crippen LogP contribution in [0.1, 0.15) is 19.8 Å². The summed E-state index contributed by atoms with van der Waals surface area (Å²) in [5.41, 5.74) is 0. The molecule has 0 amide bonds. The normalized spacial score (nSPS) is 19.7. The van der Waals surface area contributed by atoms with Crippen molar-refractivity contribution in [2.24, 2.45) is 4.99 Å². The Morgan fingerprint density at radius 1 is 1.37 bits per heavy atom. The minimum absolute atomic E-state index is 0.289. The second kappa shape index (κ2) is 11.0. The fourth-order valence-electron chi connectivity index (χ4n) is 1.76. The van der Waals surface area contributed by atoms with Gasteiger partial charge in [-0.15, -0.1) is 0 Å². The first-order valence-electron chi connectivity index (χ1n) is 7.07. The summed E-state index contributed by atoms with van der Waals surface area (Å²) in [7, 11) is 1.69. The standard InChI is InChI=1S/C13H27N3O3/c1-3-14-13(16-7-10-17-2)15-6-4-8-19-12-5-9-18-11-12/h12H,3-11H2,1-2H3,(H2,14,15,16). The Balaban J connectivity index is 2.07. The average molecular weight is 273 g/mol. The van der Waals surface area contributed by atoms with Gasteiger partial charge in [0.2, 0.25) is 0 Å². The lowest BCUT2D eigenvalue weighted by atomic mass is 10.3. The predicted octanol–water partition coefficient (Wildman–Crippen LogP) is 0.384. The first kappa shape index (κ1) is 16.2. The van der Waals surface area contributed by atoms with E-state index in [2.05, 4.69) is 22.5 Å². The van der Waals surface area contributed by atoms with Crippen LogP contribution < -0.4 is 10.6 Å². The molecule has 1 fully saturated rings.